The number of quaternary nitrogens is 1. The molecule has 28 heavy (non-hydrogen) atoms. The molecule has 6 nitrogen and oxygen atoms in total. The monoisotopic (exact) mass is 378 g/mol. The SMILES string of the molecule is COc1ccccc1[C@H](c1nnnn1Cc1ccccc1)[NH+]1CCCCCC1. The van der Waals surface area contributed by atoms with Crippen LogP contribution in [-0.4, -0.2) is 40.4 Å². The largest absolute Gasteiger partial charge is 0.496 e. The molecule has 0 spiro atoms. The first-order valence-corrected chi connectivity index (χ1v) is 10.1. The Morgan fingerprint density at radius 2 is 1.68 bits per heavy atom. The zero-order chi connectivity index (χ0) is 19.2. The zero-order valence-electron chi connectivity index (χ0n) is 16.4. The Hall–Kier alpha value is -2.73. The highest BCUT2D eigenvalue weighted by Gasteiger charge is 2.34. The molecular formula is C22H28N5O+. The van der Waals surface area contributed by atoms with Gasteiger partial charge in [0.2, 0.25) is 5.82 Å². The minimum absolute atomic E-state index is 0.0629. The van der Waals surface area contributed by atoms with E-state index in [1.54, 1.807) is 7.11 Å². The fourth-order valence-corrected chi connectivity index (χ4v) is 4.21. The van der Waals surface area contributed by atoms with Gasteiger partial charge in [0.15, 0.2) is 6.04 Å². The number of nitrogens with one attached hydrogen (secondary N) is 1. The van der Waals surface area contributed by atoms with E-state index in [4.69, 9.17) is 4.74 Å². The summed E-state index contributed by atoms with van der Waals surface area (Å²) >= 11 is 0. The smallest absolute Gasteiger partial charge is 0.214 e. The van der Waals surface area contributed by atoms with E-state index in [1.165, 1.54) is 36.1 Å². The van der Waals surface area contributed by atoms with Crippen LogP contribution in [0.2, 0.25) is 0 Å². The van der Waals surface area contributed by atoms with Gasteiger partial charge in [-0.05, 0) is 53.8 Å². The minimum Gasteiger partial charge on any atom is -0.496 e. The zero-order valence-corrected chi connectivity index (χ0v) is 16.4. The number of nitrogens with zero attached hydrogens (tertiary/aromatic N) is 4. The number of hydrogen-bond acceptors (Lipinski definition) is 4. The van der Waals surface area contributed by atoms with E-state index in [2.05, 4.69) is 51.9 Å². The van der Waals surface area contributed by atoms with E-state index >= 15 is 0 Å². The number of tetrazole rings is 1. The second-order valence-electron chi connectivity index (χ2n) is 7.43. The molecule has 6 heteroatoms. The molecular weight excluding hydrogens is 350 g/mol. The van der Waals surface area contributed by atoms with Crippen molar-refractivity contribution in [2.75, 3.05) is 20.2 Å². The summed E-state index contributed by atoms with van der Waals surface area (Å²) in [4.78, 5) is 1.52. The van der Waals surface area contributed by atoms with Crippen LogP contribution in [0.15, 0.2) is 54.6 Å². The first-order valence-electron chi connectivity index (χ1n) is 10.1. The van der Waals surface area contributed by atoms with Crippen molar-refractivity contribution in [1.82, 2.24) is 20.2 Å². The summed E-state index contributed by atoms with van der Waals surface area (Å²) in [5, 5.41) is 12.9. The van der Waals surface area contributed by atoms with E-state index < -0.39 is 0 Å². The van der Waals surface area contributed by atoms with Gasteiger partial charge in [0.1, 0.15) is 5.75 Å². The van der Waals surface area contributed by atoms with Crippen molar-refractivity contribution in [3.63, 3.8) is 0 Å². The molecule has 1 saturated heterocycles. The lowest BCUT2D eigenvalue weighted by Gasteiger charge is -2.28. The molecule has 1 aromatic heterocycles. The molecule has 4 rings (SSSR count). The number of hydrogen-bond donors (Lipinski definition) is 1. The van der Waals surface area contributed by atoms with E-state index in [0.29, 0.717) is 6.54 Å². The summed E-state index contributed by atoms with van der Waals surface area (Å²) in [5.74, 6) is 1.81. The quantitative estimate of drug-likeness (QED) is 0.715. The lowest BCUT2D eigenvalue weighted by atomic mass is 10.0. The number of aromatic nitrogens is 4. The van der Waals surface area contributed by atoms with Crippen LogP contribution < -0.4 is 9.64 Å². The summed E-state index contributed by atoms with van der Waals surface area (Å²) in [6.45, 7) is 2.92. The lowest BCUT2D eigenvalue weighted by Crippen LogP contribution is -3.12. The number of methoxy groups -OCH3 is 1. The van der Waals surface area contributed by atoms with E-state index in [0.717, 1.165) is 30.2 Å². The summed E-state index contributed by atoms with van der Waals surface area (Å²) in [6.07, 6.45) is 5.08. The van der Waals surface area contributed by atoms with Gasteiger partial charge in [-0.25, -0.2) is 4.68 Å². The molecule has 0 aliphatic carbocycles. The molecule has 146 valence electrons. The van der Waals surface area contributed by atoms with E-state index in [9.17, 15) is 0 Å². The molecule has 0 amide bonds. The lowest BCUT2D eigenvalue weighted by molar-refractivity contribution is -0.925. The fraction of sp³-hybridized carbons (Fsp3) is 0.409. The molecule has 1 aliphatic rings. The summed E-state index contributed by atoms with van der Waals surface area (Å²) in [6, 6.07) is 18.7. The summed E-state index contributed by atoms with van der Waals surface area (Å²) in [7, 11) is 1.74. The minimum atomic E-state index is 0.0629. The van der Waals surface area contributed by atoms with Crippen LogP contribution >= 0.6 is 0 Å². The molecule has 2 heterocycles. The highest BCUT2D eigenvalue weighted by molar-refractivity contribution is 5.37. The van der Waals surface area contributed by atoms with Gasteiger partial charge in [-0.2, -0.15) is 0 Å². The Bertz CT molecular complexity index is 871. The van der Waals surface area contributed by atoms with Crippen LogP contribution in [0.4, 0.5) is 0 Å². The predicted octanol–water partition coefficient (Wildman–Crippen LogP) is 2.28. The maximum atomic E-state index is 5.71. The van der Waals surface area contributed by atoms with Crippen molar-refractivity contribution in [3.05, 3.63) is 71.5 Å². The molecule has 0 saturated carbocycles. The van der Waals surface area contributed by atoms with Gasteiger partial charge in [-0.3, -0.25) is 0 Å². The van der Waals surface area contributed by atoms with Crippen LogP contribution in [-0.2, 0) is 6.54 Å². The van der Waals surface area contributed by atoms with Crippen molar-refractivity contribution in [1.29, 1.82) is 0 Å². The molecule has 0 bridgehead atoms. The third-order valence-corrected chi connectivity index (χ3v) is 5.60. The van der Waals surface area contributed by atoms with Crippen LogP contribution in [0.25, 0.3) is 0 Å². The normalized spacial score (nSPS) is 16.5. The van der Waals surface area contributed by atoms with Gasteiger partial charge in [-0.15, -0.1) is 5.10 Å². The number of likely N-dealkylation sites (tertiary alicyclic amines) is 1. The molecule has 0 unspecified atom stereocenters. The van der Waals surface area contributed by atoms with E-state index in [-0.39, 0.29) is 6.04 Å². The van der Waals surface area contributed by atoms with Crippen LogP contribution in [0, 0.1) is 0 Å². The van der Waals surface area contributed by atoms with Gasteiger partial charge < -0.3 is 9.64 Å². The molecule has 1 atom stereocenters. The maximum Gasteiger partial charge on any atom is 0.214 e. The summed E-state index contributed by atoms with van der Waals surface area (Å²) in [5.41, 5.74) is 2.35. The Morgan fingerprint density at radius 1 is 0.964 bits per heavy atom. The second kappa shape index (κ2) is 8.97. The number of benzene rings is 2. The molecule has 3 aromatic rings. The fourth-order valence-electron chi connectivity index (χ4n) is 4.21. The van der Waals surface area contributed by atoms with Crippen LogP contribution in [0.1, 0.15) is 48.7 Å². The average molecular weight is 379 g/mol. The third-order valence-electron chi connectivity index (χ3n) is 5.60. The average Bonchev–Trinajstić information content (AvgIpc) is 3.01. The highest BCUT2D eigenvalue weighted by Crippen LogP contribution is 2.27. The van der Waals surface area contributed by atoms with Crippen molar-refractivity contribution in [3.8, 4) is 5.75 Å². The standard InChI is InChI=1S/C22H27N5O/c1-28-20-14-8-7-13-19(20)21(26-15-9-2-3-10-16-26)22-23-24-25-27(22)17-18-11-5-4-6-12-18/h4-8,11-14,21H,2-3,9-10,15-17H2,1H3/p+1/t21-/m1/s1. The highest BCUT2D eigenvalue weighted by atomic mass is 16.5. The first kappa shape index (κ1) is 18.6. The Labute approximate surface area is 166 Å². The Morgan fingerprint density at radius 3 is 2.43 bits per heavy atom. The van der Waals surface area contributed by atoms with Gasteiger partial charge >= 0.3 is 0 Å². The van der Waals surface area contributed by atoms with Crippen molar-refractivity contribution in [2.24, 2.45) is 0 Å². The Balaban J connectivity index is 1.75. The van der Waals surface area contributed by atoms with Gasteiger partial charge in [0, 0.05) is 0 Å². The molecule has 1 aliphatic heterocycles. The molecule has 2 aromatic carbocycles. The topological polar surface area (TPSA) is 57.3 Å². The van der Waals surface area contributed by atoms with Crippen molar-refractivity contribution < 1.29 is 9.64 Å². The number of para-hydroxylation sites is 1. The third kappa shape index (κ3) is 4.07. The molecule has 1 N–H and O–H groups in total. The van der Waals surface area contributed by atoms with Crippen LogP contribution in [0.3, 0.4) is 0 Å². The van der Waals surface area contributed by atoms with Crippen molar-refractivity contribution >= 4 is 0 Å². The second-order valence-corrected chi connectivity index (χ2v) is 7.43. The maximum absolute atomic E-state index is 5.71. The van der Waals surface area contributed by atoms with Gasteiger partial charge in [-0.1, -0.05) is 42.5 Å². The van der Waals surface area contributed by atoms with Gasteiger partial charge in [0.05, 0.1) is 32.3 Å². The number of ether oxygens (including phenoxy) is 1. The number of rotatable bonds is 6. The van der Waals surface area contributed by atoms with Crippen LogP contribution in [0.5, 0.6) is 5.75 Å². The van der Waals surface area contributed by atoms with E-state index in [1.807, 2.05) is 22.9 Å². The van der Waals surface area contributed by atoms with Gasteiger partial charge in [0.25, 0.3) is 0 Å². The predicted molar refractivity (Wildman–Crippen MR) is 107 cm³/mol. The Kier molecular flexibility index (Phi) is 5.97. The summed E-state index contributed by atoms with van der Waals surface area (Å²) < 4.78 is 7.66. The first-order chi connectivity index (χ1) is 13.9. The van der Waals surface area contributed by atoms with Crippen molar-refractivity contribution in [2.45, 2.75) is 38.3 Å². The molecule has 1 fully saturated rings. The molecule has 0 radical (unpaired) electrons.